The van der Waals surface area contributed by atoms with Crippen molar-refractivity contribution in [3.05, 3.63) is 33.5 Å². The molecule has 1 N–H and O–H groups in total. The van der Waals surface area contributed by atoms with E-state index in [4.69, 9.17) is 0 Å². The van der Waals surface area contributed by atoms with E-state index in [-0.39, 0.29) is 18.0 Å². The Morgan fingerprint density at radius 2 is 2.00 bits per heavy atom. The molecular formula is C17H22N4O2S. The van der Waals surface area contributed by atoms with Crippen LogP contribution in [0, 0.1) is 13.8 Å². The monoisotopic (exact) mass is 346 g/mol. The Bertz CT molecular complexity index is 782. The van der Waals surface area contributed by atoms with Crippen molar-refractivity contribution in [2.24, 2.45) is 7.05 Å². The molecule has 0 spiro atoms. The first kappa shape index (κ1) is 15.8. The zero-order valence-corrected chi connectivity index (χ0v) is 15.0. The SMILES string of the molecule is Cc1nc(C)c(C(=O)N2C3CCC2CC(O)(c2ccnn2C)C3)s1. The van der Waals surface area contributed by atoms with Gasteiger partial charge < -0.3 is 10.0 Å². The molecule has 2 aliphatic heterocycles. The Hall–Kier alpha value is -1.73. The summed E-state index contributed by atoms with van der Waals surface area (Å²) in [5.41, 5.74) is 0.762. The van der Waals surface area contributed by atoms with Crippen LogP contribution in [0.1, 0.15) is 51.8 Å². The number of hydrogen-bond acceptors (Lipinski definition) is 5. The molecule has 2 aromatic rings. The lowest BCUT2D eigenvalue weighted by molar-refractivity contribution is -0.0529. The van der Waals surface area contributed by atoms with Crippen molar-refractivity contribution in [3.63, 3.8) is 0 Å². The Morgan fingerprint density at radius 3 is 2.50 bits per heavy atom. The molecule has 0 saturated carbocycles. The maximum absolute atomic E-state index is 13.1. The van der Waals surface area contributed by atoms with Gasteiger partial charge in [0, 0.05) is 38.2 Å². The fourth-order valence-electron chi connectivity index (χ4n) is 4.44. The minimum Gasteiger partial charge on any atom is -0.383 e. The molecule has 6 nitrogen and oxygen atoms in total. The van der Waals surface area contributed by atoms with Crippen molar-refractivity contribution in [1.29, 1.82) is 0 Å². The number of amides is 1. The quantitative estimate of drug-likeness (QED) is 0.904. The number of carbonyl (C=O) groups is 1. The zero-order chi connectivity index (χ0) is 17.1. The van der Waals surface area contributed by atoms with E-state index in [0.717, 1.165) is 34.1 Å². The van der Waals surface area contributed by atoms with Crippen LogP contribution >= 0.6 is 11.3 Å². The number of nitrogens with zero attached hydrogens (tertiary/aromatic N) is 4. The summed E-state index contributed by atoms with van der Waals surface area (Å²) in [6.45, 7) is 3.83. The van der Waals surface area contributed by atoms with E-state index in [1.807, 2.05) is 31.9 Å². The van der Waals surface area contributed by atoms with Crippen molar-refractivity contribution in [1.82, 2.24) is 19.7 Å². The number of hydrogen-bond donors (Lipinski definition) is 1. The number of aryl methyl sites for hydroxylation is 3. The van der Waals surface area contributed by atoms with Crippen LogP contribution in [-0.4, -0.2) is 42.8 Å². The molecule has 2 unspecified atom stereocenters. The Balaban J connectivity index is 1.63. The average Bonchev–Trinajstić information content (AvgIpc) is 3.16. The Morgan fingerprint density at radius 1 is 1.33 bits per heavy atom. The fourth-order valence-corrected chi connectivity index (χ4v) is 5.31. The van der Waals surface area contributed by atoms with Crippen molar-refractivity contribution in [2.45, 2.75) is 57.2 Å². The number of thiazole rings is 1. The normalized spacial score (nSPS) is 29.2. The van der Waals surface area contributed by atoms with E-state index in [1.54, 1.807) is 10.9 Å². The Kier molecular flexibility index (Phi) is 3.54. The minimum absolute atomic E-state index is 0.0812. The molecular weight excluding hydrogens is 324 g/mol. The number of piperidine rings is 1. The molecule has 24 heavy (non-hydrogen) atoms. The molecule has 4 heterocycles. The lowest BCUT2D eigenvalue weighted by atomic mass is 9.83. The number of aliphatic hydroxyl groups is 1. The maximum atomic E-state index is 13.1. The predicted molar refractivity (Wildman–Crippen MR) is 90.9 cm³/mol. The summed E-state index contributed by atoms with van der Waals surface area (Å²) < 4.78 is 1.74. The molecule has 2 atom stereocenters. The number of aromatic nitrogens is 3. The first-order valence-corrected chi connectivity index (χ1v) is 9.18. The second kappa shape index (κ2) is 5.39. The summed E-state index contributed by atoms with van der Waals surface area (Å²) in [6.07, 6.45) is 4.77. The highest BCUT2D eigenvalue weighted by Gasteiger charge is 2.51. The van der Waals surface area contributed by atoms with E-state index in [1.165, 1.54) is 11.3 Å². The molecule has 7 heteroatoms. The third kappa shape index (κ3) is 2.29. The summed E-state index contributed by atoms with van der Waals surface area (Å²) in [4.78, 5) is 20.2. The van der Waals surface area contributed by atoms with Crippen LogP contribution in [0.5, 0.6) is 0 Å². The molecule has 2 fully saturated rings. The summed E-state index contributed by atoms with van der Waals surface area (Å²) >= 11 is 1.47. The smallest absolute Gasteiger partial charge is 0.266 e. The lowest BCUT2D eigenvalue weighted by Gasteiger charge is -2.43. The van der Waals surface area contributed by atoms with Gasteiger partial charge in [-0.2, -0.15) is 5.10 Å². The van der Waals surface area contributed by atoms with E-state index in [2.05, 4.69) is 10.1 Å². The zero-order valence-electron chi connectivity index (χ0n) is 14.2. The molecule has 2 aliphatic rings. The van der Waals surface area contributed by atoms with E-state index >= 15 is 0 Å². The number of rotatable bonds is 2. The van der Waals surface area contributed by atoms with Crippen LogP contribution in [-0.2, 0) is 12.6 Å². The topological polar surface area (TPSA) is 71.2 Å². The minimum atomic E-state index is -0.896. The van der Waals surface area contributed by atoms with Gasteiger partial charge in [-0.3, -0.25) is 9.48 Å². The van der Waals surface area contributed by atoms with Crippen molar-refractivity contribution in [2.75, 3.05) is 0 Å². The largest absolute Gasteiger partial charge is 0.383 e. The number of carbonyl (C=O) groups excluding carboxylic acids is 1. The lowest BCUT2D eigenvalue weighted by Crippen LogP contribution is -2.52. The van der Waals surface area contributed by atoms with Gasteiger partial charge in [0.05, 0.1) is 16.4 Å². The van der Waals surface area contributed by atoms with Crippen LogP contribution in [0.3, 0.4) is 0 Å². The van der Waals surface area contributed by atoms with Crippen molar-refractivity contribution in [3.8, 4) is 0 Å². The van der Waals surface area contributed by atoms with E-state index in [0.29, 0.717) is 12.8 Å². The van der Waals surface area contributed by atoms with Gasteiger partial charge in [-0.1, -0.05) is 0 Å². The highest BCUT2D eigenvalue weighted by molar-refractivity contribution is 7.13. The van der Waals surface area contributed by atoms with Crippen LogP contribution < -0.4 is 0 Å². The van der Waals surface area contributed by atoms with Gasteiger partial charge in [0.15, 0.2) is 0 Å². The highest BCUT2D eigenvalue weighted by Crippen LogP contribution is 2.46. The van der Waals surface area contributed by atoms with E-state index in [9.17, 15) is 9.90 Å². The fraction of sp³-hybridized carbons (Fsp3) is 0.588. The second-order valence-corrected chi connectivity index (χ2v) is 8.23. The third-order valence-corrected chi connectivity index (χ3v) is 6.46. The van der Waals surface area contributed by atoms with E-state index < -0.39 is 5.60 Å². The first-order chi connectivity index (χ1) is 11.4. The van der Waals surface area contributed by atoms with Crippen LogP contribution in [0.25, 0.3) is 0 Å². The molecule has 0 aromatic carbocycles. The molecule has 1 amide bonds. The summed E-state index contributed by atoms with van der Waals surface area (Å²) in [7, 11) is 1.86. The van der Waals surface area contributed by atoms with Gasteiger partial charge in [-0.05, 0) is 32.8 Å². The van der Waals surface area contributed by atoms with Crippen LogP contribution in [0.2, 0.25) is 0 Å². The molecule has 2 bridgehead atoms. The molecule has 4 rings (SSSR count). The summed E-state index contributed by atoms with van der Waals surface area (Å²) in [5.74, 6) is 0.0812. The third-order valence-electron chi connectivity index (χ3n) is 5.40. The molecule has 0 aliphatic carbocycles. The standard InChI is InChI=1S/C17H22N4O2S/c1-10-15(24-11(2)19-10)16(22)21-12-4-5-13(21)9-17(23,8-12)14-6-7-18-20(14)3/h6-7,12-13,23H,4-5,8-9H2,1-3H3. The van der Waals surface area contributed by atoms with Crippen LogP contribution in [0.15, 0.2) is 12.3 Å². The van der Waals surface area contributed by atoms with Gasteiger partial charge in [-0.15, -0.1) is 11.3 Å². The summed E-state index contributed by atoms with van der Waals surface area (Å²) in [6, 6.07) is 2.05. The highest BCUT2D eigenvalue weighted by atomic mass is 32.1. The number of fused-ring (bicyclic) bond motifs is 2. The molecule has 2 aromatic heterocycles. The van der Waals surface area contributed by atoms with Crippen LogP contribution in [0.4, 0.5) is 0 Å². The predicted octanol–water partition coefficient (Wildman–Crippen LogP) is 2.15. The summed E-state index contributed by atoms with van der Waals surface area (Å²) in [5, 5.41) is 16.3. The second-order valence-electron chi connectivity index (χ2n) is 7.02. The van der Waals surface area contributed by atoms with Gasteiger partial charge >= 0.3 is 0 Å². The Labute approximate surface area is 145 Å². The van der Waals surface area contributed by atoms with Crippen molar-refractivity contribution < 1.29 is 9.90 Å². The molecule has 128 valence electrons. The molecule has 2 saturated heterocycles. The van der Waals surface area contributed by atoms with Gasteiger partial charge in [-0.25, -0.2) is 4.98 Å². The average molecular weight is 346 g/mol. The maximum Gasteiger partial charge on any atom is 0.266 e. The van der Waals surface area contributed by atoms with Gasteiger partial charge in [0.25, 0.3) is 5.91 Å². The van der Waals surface area contributed by atoms with Gasteiger partial charge in [0.2, 0.25) is 0 Å². The molecule has 0 radical (unpaired) electrons. The first-order valence-electron chi connectivity index (χ1n) is 8.36. The van der Waals surface area contributed by atoms with Crippen molar-refractivity contribution >= 4 is 17.2 Å². The van der Waals surface area contributed by atoms with Gasteiger partial charge in [0.1, 0.15) is 10.5 Å².